The van der Waals surface area contributed by atoms with E-state index in [0.29, 0.717) is 5.82 Å². The van der Waals surface area contributed by atoms with Crippen LogP contribution in [0.15, 0.2) is 18.5 Å². The Bertz CT molecular complexity index is 921. The van der Waals surface area contributed by atoms with Crippen molar-refractivity contribution in [2.45, 2.75) is 25.8 Å². The Morgan fingerprint density at radius 2 is 1.74 bits per heavy atom. The molecule has 8 nitrogen and oxygen atoms in total. The lowest BCUT2D eigenvalue weighted by Crippen LogP contribution is -2.49. The average molecular weight is 452 g/mol. The van der Waals surface area contributed by atoms with E-state index in [9.17, 15) is 31.1 Å². The van der Waals surface area contributed by atoms with Crippen LogP contribution in [0.25, 0.3) is 0 Å². The van der Waals surface area contributed by atoms with Gasteiger partial charge in [0.1, 0.15) is 17.8 Å². The monoisotopic (exact) mass is 452 g/mol. The van der Waals surface area contributed by atoms with Gasteiger partial charge >= 0.3 is 12.4 Å². The number of nitrogens with zero attached hydrogens (tertiary/aromatic N) is 6. The van der Waals surface area contributed by atoms with E-state index in [1.807, 2.05) is 0 Å². The zero-order chi connectivity index (χ0) is 22.8. The fraction of sp³-hybridized carbons (Fsp3) is 0.529. The molecular formula is C17H18F6N6O2. The second-order valence-electron chi connectivity index (χ2n) is 6.63. The molecule has 1 saturated heterocycles. The van der Waals surface area contributed by atoms with Gasteiger partial charge in [0.25, 0.3) is 5.91 Å². The number of ether oxygens (including phenoxy) is 1. The summed E-state index contributed by atoms with van der Waals surface area (Å²) in [5, 5.41) is 3.76. The van der Waals surface area contributed by atoms with Gasteiger partial charge in [-0.1, -0.05) is 0 Å². The molecule has 170 valence electrons. The molecule has 0 N–H and O–H groups in total. The maximum Gasteiger partial charge on any atom is 0.433 e. The van der Waals surface area contributed by atoms with E-state index < -0.39 is 30.6 Å². The average Bonchev–Trinajstić information content (AvgIpc) is 3.17. The van der Waals surface area contributed by atoms with Gasteiger partial charge in [0.2, 0.25) is 5.88 Å². The molecule has 0 bridgehead atoms. The Balaban J connectivity index is 1.63. The van der Waals surface area contributed by atoms with Gasteiger partial charge in [-0.2, -0.15) is 31.4 Å². The van der Waals surface area contributed by atoms with Crippen LogP contribution in [-0.4, -0.2) is 69.5 Å². The minimum atomic E-state index is -4.63. The second-order valence-corrected chi connectivity index (χ2v) is 6.63. The molecule has 0 unspecified atom stereocenters. The van der Waals surface area contributed by atoms with Crippen molar-refractivity contribution in [2.24, 2.45) is 0 Å². The van der Waals surface area contributed by atoms with E-state index in [-0.39, 0.29) is 44.3 Å². The predicted molar refractivity (Wildman–Crippen MR) is 94.6 cm³/mol. The zero-order valence-corrected chi connectivity index (χ0v) is 16.2. The molecular weight excluding hydrogens is 434 g/mol. The van der Waals surface area contributed by atoms with E-state index in [2.05, 4.69) is 19.8 Å². The van der Waals surface area contributed by atoms with Gasteiger partial charge in [0.15, 0.2) is 12.3 Å². The van der Waals surface area contributed by atoms with E-state index in [4.69, 9.17) is 0 Å². The number of hydrogen-bond acceptors (Lipinski definition) is 6. The Hall–Kier alpha value is -3.06. The molecule has 0 aliphatic carbocycles. The summed E-state index contributed by atoms with van der Waals surface area (Å²) in [6.45, 7) is 0.829. The molecule has 0 radical (unpaired) electrons. The molecule has 1 fully saturated rings. The van der Waals surface area contributed by atoms with Crippen LogP contribution in [-0.2, 0) is 12.7 Å². The Labute approximate surface area is 172 Å². The van der Waals surface area contributed by atoms with Gasteiger partial charge in [-0.15, -0.1) is 0 Å². The molecule has 1 amide bonds. The smallest absolute Gasteiger partial charge is 0.433 e. The number of aromatic nitrogens is 4. The van der Waals surface area contributed by atoms with Crippen molar-refractivity contribution in [1.29, 1.82) is 0 Å². The minimum absolute atomic E-state index is 0.0393. The summed E-state index contributed by atoms with van der Waals surface area (Å²) in [5.74, 6) is -0.561. The first-order valence-electron chi connectivity index (χ1n) is 9.19. The molecule has 1 aliphatic heterocycles. The number of rotatable bonds is 5. The summed E-state index contributed by atoms with van der Waals surface area (Å²) in [7, 11) is 0. The van der Waals surface area contributed by atoms with Crippen LogP contribution >= 0.6 is 0 Å². The third-order valence-corrected chi connectivity index (χ3v) is 4.49. The van der Waals surface area contributed by atoms with Crippen molar-refractivity contribution in [3.05, 3.63) is 29.8 Å². The first-order chi connectivity index (χ1) is 14.5. The fourth-order valence-electron chi connectivity index (χ4n) is 3.03. The number of alkyl halides is 6. The lowest BCUT2D eigenvalue weighted by molar-refractivity contribution is -0.154. The zero-order valence-electron chi connectivity index (χ0n) is 16.2. The van der Waals surface area contributed by atoms with Gasteiger partial charge in [0.05, 0.1) is 0 Å². The molecule has 3 heterocycles. The van der Waals surface area contributed by atoms with Crippen LogP contribution in [0.4, 0.5) is 32.2 Å². The SMILES string of the molecule is CCn1nc(C(=O)N2CCN(c3cc(OCC(F)(F)F)ncn3)CC2)cc1C(F)(F)F. The molecule has 0 aromatic carbocycles. The molecule has 3 rings (SSSR count). The first kappa shape index (κ1) is 22.6. The number of hydrogen-bond donors (Lipinski definition) is 0. The quantitative estimate of drug-likeness (QED) is 0.650. The third-order valence-electron chi connectivity index (χ3n) is 4.49. The van der Waals surface area contributed by atoms with Gasteiger partial charge in [-0.3, -0.25) is 9.48 Å². The highest BCUT2D eigenvalue weighted by atomic mass is 19.4. The van der Waals surface area contributed by atoms with Gasteiger partial charge in [0, 0.05) is 44.9 Å². The lowest BCUT2D eigenvalue weighted by atomic mass is 10.2. The Morgan fingerprint density at radius 1 is 1.06 bits per heavy atom. The molecule has 1 aliphatic rings. The number of carbonyl (C=O) groups excluding carboxylic acids is 1. The van der Waals surface area contributed by atoms with Crippen molar-refractivity contribution in [3.63, 3.8) is 0 Å². The number of amides is 1. The summed E-state index contributed by atoms with van der Waals surface area (Å²) in [5.41, 5.74) is -1.29. The molecule has 2 aromatic heterocycles. The number of carbonyl (C=O) groups is 1. The molecule has 14 heteroatoms. The first-order valence-corrected chi connectivity index (χ1v) is 9.19. The third kappa shape index (κ3) is 5.55. The van der Waals surface area contributed by atoms with E-state index in [1.54, 1.807) is 4.90 Å². The van der Waals surface area contributed by atoms with Crippen LogP contribution in [0.1, 0.15) is 23.1 Å². The van der Waals surface area contributed by atoms with Crippen molar-refractivity contribution < 1.29 is 35.9 Å². The summed E-state index contributed by atoms with van der Waals surface area (Å²) in [6, 6.07) is 1.98. The van der Waals surface area contributed by atoms with Gasteiger partial charge in [-0.05, 0) is 6.92 Å². The highest BCUT2D eigenvalue weighted by Crippen LogP contribution is 2.30. The summed E-state index contributed by atoms with van der Waals surface area (Å²) < 4.78 is 81.4. The summed E-state index contributed by atoms with van der Waals surface area (Å²) in [4.78, 5) is 23.3. The van der Waals surface area contributed by atoms with Crippen molar-refractivity contribution >= 4 is 11.7 Å². The van der Waals surface area contributed by atoms with Crippen molar-refractivity contribution in [2.75, 3.05) is 37.7 Å². The maximum absolute atomic E-state index is 13.1. The van der Waals surface area contributed by atoms with Gasteiger partial charge in [-0.25, -0.2) is 9.97 Å². The topological polar surface area (TPSA) is 76.4 Å². The maximum atomic E-state index is 13.1. The molecule has 31 heavy (non-hydrogen) atoms. The lowest BCUT2D eigenvalue weighted by Gasteiger charge is -2.35. The number of anilines is 1. The van der Waals surface area contributed by atoms with Crippen LogP contribution in [0.5, 0.6) is 5.88 Å². The fourth-order valence-corrected chi connectivity index (χ4v) is 3.03. The predicted octanol–water partition coefficient (Wildman–Crippen LogP) is 2.62. The number of halogens is 6. The van der Waals surface area contributed by atoms with Crippen LogP contribution in [0, 0.1) is 0 Å². The highest BCUT2D eigenvalue weighted by Gasteiger charge is 2.37. The summed E-state index contributed by atoms with van der Waals surface area (Å²) in [6.07, 6.45) is -8.07. The van der Waals surface area contributed by atoms with Crippen molar-refractivity contribution in [1.82, 2.24) is 24.6 Å². The van der Waals surface area contributed by atoms with E-state index in [1.165, 1.54) is 17.9 Å². The van der Waals surface area contributed by atoms with Crippen LogP contribution in [0.3, 0.4) is 0 Å². The van der Waals surface area contributed by atoms with E-state index >= 15 is 0 Å². The summed E-state index contributed by atoms with van der Waals surface area (Å²) >= 11 is 0. The molecule has 2 aromatic rings. The Morgan fingerprint density at radius 3 is 2.29 bits per heavy atom. The van der Waals surface area contributed by atoms with Gasteiger partial charge < -0.3 is 14.5 Å². The Kier molecular flexibility index (Phi) is 6.27. The standard InChI is InChI=1S/C17H18F6N6O2/c1-2-29-12(17(21,22)23)7-11(26-29)15(30)28-5-3-27(4-6-28)13-8-14(25-10-24-13)31-9-16(18,19)20/h7-8,10H,2-6,9H2,1H3. The van der Waals surface area contributed by atoms with Crippen LogP contribution in [0.2, 0.25) is 0 Å². The number of aryl methyl sites for hydroxylation is 1. The molecule has 0 atom stereocenters. The molecule has 0 saturated carbocycles. The minimum Gasteiger partial charge on any atom is -0.468 e. The largest absolute Gasteiger partial charge is 0.468 e. The normalized spacial score (nSPS) is 15.3. The van der Waals surface area contributed by atoms with Crippen LogP contribution < -0.4 is 9.64 Å². The molecule has 0 spiro atoms. The van der Waals surface area contributed by atoms with Crippen molar-refractivity contribution in [3.8, 4) is 5.88 Å². The number of piperazine rings is 1. The second kappa shape index (κ2) is 8.59. The van der Waals surface area contributed by atoms with E-state index in [0.717, 1.165) is 17.1 Å². The highest BCUT2D eigenvalue weighted by molar-refractivity contribution is 5.92.